The minimum absolute atomic E-state index is 0.304. The molecule has 1 aliphatic heterocycles. The number of aliphatic hydroxyl groups excluding tert-OH is 1. The van der Waals surface area contributed by atoms with E-state index in [-0.39, 0.29) is 0 Å². The van der Waals surface area contributed by atoms with Crippen LogP contribution < -0.4 is 4.74 Å². The van der Waals surface area contributed by atoms with E-state index in [1.165, 1.54) is 32.3 Å². The zero-order valence-corrected chi connectivity index (χ0v) is 17.6. The molecule has 0 amide bonds. The van der Waals surface area contributed by atoms with Crippen LogP contribution in [0.4, 0.5) is 0 Å². The Labute approximate surface area is 181 Å². The van der Waals surface area contributed by atoms with Crippen molar-refractivity contribution in [1.29, 1.82) is 0 Å². The minimum Gasteiger partial charge on any atom is -0.491 e. The normalized spacial score (nSPS) is 15.1. The number of thiophene rings is 1. The highest BCUT2D eigenvalue weighted by molar-refractivity contribution is 7.17. The van der Waals surface area contributed by atoms with Gasteiger partial charge in [0.05, 0.1) is 0 Å². The molecular weight excluding hydrogens is 390 g/mol. The Hall–Kier alpha value is -2.66. The summed E-state index contributed by atoms with van der Waals surface area (Å²) < 4.78 is 7.17. The van der Waals surface area contributed by atoms with Gasteiger partial charge >= 0.3 is 0 Å². The lowest BCUT2D eigenvalue weighted by Crippen LogP contribution is -2.38. The average Bonchev–Trinajstić information content (AvgIpc) is 3.22. The summed E-state index contributed by atoms with van der Waals surface area (Å²) in [6, 6.07) is 25.2. The summed E-state index contributed by atoms with van der Waals surface area (Å²) in [6.07, 6.45) is 0.540. The van der Waals surface area contributed by atoms with Crippen LogP contribution >= 0.6 is 11.3 Å². The standard InChI is InChI=1S/C26H25NO2S/c28-22(16-27-14-13-19-5-1-2-6-21(19)15-27)17-29-23-11-9-20(10-12-23)25-18-30-26-8-4-3-7-24(25)26/h1-12,18,22,28H,13-17H2/t22-/m1/s1. The maximum absolute atomic E-state index is 10.5. The van der Waals surface area contributed by atoms with Crippen molar-refractivity contribution >= 4 is 21.4 Å². The van der Waals surface area contributed by atoms with Gasteiger partial charge in [-0.3, -0.25) is 4.90 Å². The molecule has 1 aromatic heterocycles. The molecule has 5 rings (SSSR count). The van der Waals surface area contributed by atoms with Gasteiger partial charge in [-0.25, -0.2) is 0 Å². The van der Waals surface area contributed by atoms with Crippen molar-refractivity contribution < 1.29 is 9.84 Å². The van der Waals surface area contributed by atoms with Crippen molar-refractivity contribution in [1.82, 2.24) is 4.90 Å². The van der Waals surface area contributed by atoms with Crippen LogP contribution in [0, 0.1) is 0 Å². The Morgan fingerprint density at radius 2 is 1.70 bits per heavy atom. The molecule has 0 spiro atoms. The van der Waals surface area contributed by atoms with Crippen LogP contribution in [0.3, 0.4) is 0 Å². The van der Waals surface area contributed by atoms with Gasteiger partial charge in [0.2, 0.25) is 0 Å². The van der Waals surface area contributed by atoms with Gasteiger partial charge in [0.25, 0.3) is 0 Å². The largest absolute Gasteiger partial charge is 0.491 e. The van der Waals surface area contributed by atoms with E-state index in [1.807, 2.05) is 12.1 Å². The molecule has 3 nitrogen and oxygen atoms in total. The summed E-state index contributed by atoms with van der Waals surface area (Å²) in [5.41, 5.74) is 5.24. The molecule has 1 aliphatic rings. The zero-order chi connectivity index (χ0) is 20.3. The Morgan fingerprint density at radius 1 is 0.933 bits per heavy atom. The second-order valence-electron chi connectivity index (χ2n) is 7.89. The lowest BCUT2D eigenvalue weighted by atomic mass is 10.00. The van der Waals surface area contributed by atoms with Crippen LogP contribution in [-0.4, -0.2) is 35.8 Å². The van der Waals surface area contributed by atoms with Gasteiger partial charge in [-0.15, -0.1) is 11.3 Å². The van der Waals surface area contributed by atoms with Crippen molar-refractivity contribution in [3.8, 4) is 16.9 Å². The van der Waals surface area contributed by atoms with Gasteiger partial charge in [0.15, 0.2) is 0 Å². The molecule has 0 unspecified atom stereocenters. The molecule has 1 atom stereocenters. The summed E-state index contributed by atoms with van der Waals surface area (Å²) in [5.74, 6) is 0.793. The van der Waals surface area contributed by atoms with Crippen LogP contribution in [0.5, 0.6) is 5.75 Å². The zero-order valence-electron chi connectivity index (χ0n) is 16.8. The van der Waals surface area contributed by atoms with Crippen LogP contribution in [0.25, 0.3) is 21.2 Å². The lowest BCUT2D eigenvalue weighted by Gasteiger charge is -2.30. The number of nitrogens with zero attached hydrogens (tertiary/aromatic N) is 1. The smallest absolute Gasteiger partial charge is 0.119 e. The molecule has 0 fully saturated rings. The quantitative estimate of drug-likeness (QED) is 0.460. The van der Waals surface area contributed by atoms with E-state index in [0.717, 1.165) is 25.3 Å². The van der Waals surface area contributed by atoms with E-state index < -0.39 is 6.10 Å². The van der Waals surface area contributed by atoms with Gasteiger partial charge < -0.3 is 9.84 Å². The van der Waals surface area contributed by atoms with E-state index in [0.29, 0.717) is 13.2 Å². The van der Waals surface area contributed by atoms with Crippen LogP contribution in [0.2, 0.25) is 0 Å². The topological polar surface area (TPSA) is 32.7 Å². The third-order valence-corrected chi connectivity index (χ3v) is 6.73. The van der Waals surface area contributed by atoms with Gasteiger partial charge in [-0.1, -0.05) is 54.6 Å². The third-order valence-electron chi connectivity index (χ3n) is 5.77. The third kappa shape index (κ3) is 4.12. The maximum Gasteiger partial charge on any atom is 0.119 e. The molecule has 0 bridgehead atoms. The molecule has 4 heteroatoms. The molecule has 0 saturated carbocycles. The SMILES string of the molecule is O[C@@H](COc1ccc(-c2csc3ccccc23)cc1)CN1CCc2ccccc2C1. The first kappa shape index (κ1) is 19.3. The van der Waals surface area contributed by atoms with E-state index >= 15 is 0 Å². The molecular formula is C26H25NO2S. The fourth-order valence-electron chi connectivity index (χ4n) is 4.19. The van der Waals surface area contributed by atoms with Gasteiger partial charge in [-0.05, 0) is 46.7 Å². The molecule has 152 valence electrons. The summed E-state index contributed by atoms with van der Waals surface area (Å²) in [4.78, 5) is 2.31. The highest BCUT2D eigenvalue weighted by atomic mass is 32.1. The number of ether oxygens (including phenoxy) is 1. The number of hydrogen-bond acceptors (Lipinski definition) is 4. The molecule has 0 aliphatic carbocycles. The van der Waals surface area contributed by atoms with Crippen molar-refractivity contribution in [2.24, 2.45) is 0 Å². The fourth-order valence-corrected chi connectivity index (χ4v) is 5.16. The van der Waals surface area contributed by atoms with Crippen molar-refractivity contribution in [3.63, 3.8) is 0 Å². The monoisotopic (exact) mass is 415 g/mol. The van der Waals surface area contributed by atoms with Crippen LogP contribution in [0.1, 0.15) is 11.1 Å². The summed E-state index contributed by atoms with van der Waals surface area (Å²) >= 11 is 1.77. The van der Waals surface area contributed by atoms with Crippen LogP contribution in [0.15, 0.2) is 78.2 Å². The van der Waals surface area contributed by atoms with Gasteiger partial charge in [0.1, 0.15) is 18.5 Å². The number of β-amino-alcohol motifs (C(OH)–C–C–N with tert-alkyl or cyclic N) is 1. The number of benzene rings is 3. The van der Waals surface area contributed by atoms with Crippen molar-refractivity contribution in [2.45, 2.75) is 19.1 Å². The van der Waals surface area contributed by atoms with Crippen molar-refractivity contribution in [3.05, 3.63) is 89.3 Å². The number of hydrogen-bond donors (Lipinski definition) is 1. The Balaban J connectivity index is 1.17. The molecule has 2 heterocycles. The fraction of sp³-hybridized carbons (Fsp3) is 0.231. The number of rotatable bonds is 6. The Bertz CT molecular complexity index is 1140. The minimum atomic E-state index is -0.504. The molecule has 3 aromatic carbocycles. The second-order valence-corrected chi connectivity index (χ2v) is 8.80. The number of fused-ring (bicyclic) bond motifs is 2. The van der Waals surface area contributed by atoms with E-state index in [1.54, 1.807) is 11.3 Å². The Morgan fingerprint density at radius 3 is 2.57 bits per heavy atom. The predicted molar refractivity (Wildman–Crippen MR) is 124 cm³/mol. The summed E-state index contributed by atoms with van der Waals surface area (Å²) in [6.45, 7) is 2.82. The molecule has 0 radical (unpaired) electrons. The molecule has 30 heavy (non-hydrogen) atoms. The first-order valence-electron chi connectivity index (χ1n) is 10.4. The van der Waals surface area contributed by atoms with Crippen LogP contribution in [-0.2, 0) is 13.0 Å². The molecule has 4 aromatic rings. The lowest BCUT2D eigenvalue weighted by molar-refractivity contribution is 0.0638. The molecule has 1 N–H and O–H groups in total. The van der Waals surface area contributed by atoms with E-state index in [2.05, 4.69) is 70.9 Å². The van der Waals surface area contributed by atoms with E-state index in [4.69, 9.17) is 4.74 Å². The first-order chi connectivity index (χ1) is 14.8. The van der Waals surface area contributed by atoms with Gasteiger partial charge in [0, 0.05) is 35.3 Å². The summed E-state index contributed by atoms with van der Waals surface area (Å²) in [5, 5.41) is 14.0. The van der Waals surface area contributed by atoms with E-state index in [9.17, 15) is 5.11 Å². The highest BCUT2D eigenvalue weighted by Gasteiger charge is 2.18. The number of aliphatic hydroxyl groups is 1. The predicted octanol–water partition coefficient (Wildman–Crippen LogP) is 5.37. The molecule has 0 saturated heterocycles. The first-order valence-corrected chi connectivity index (χ1v) is 11.3. The maximum atomic E-state index is 10.5. The van der Waals surface area contributed by atoms with Crippen molar-refractivity contribution in [2.75, 3.05) is 19.7 Å². The average molecular weight is 416 g/mol. The van der Waals surface area contributed by atoms with Gasteiger partial charge in [-0.2, -0.15) is 0 Å². The Kier molecular flexibility index (Phi) is 5.54. The highest BCUT2D eigenvalue weighted by Crippen LogP contribution is 2.34. The second kappa shape index (κ2) is 8.60. The summed E-state index contributed by atoms with van der Waals surface area (Å²) in [7, 11) is 0.